The predicted molar refractivity (Wildman–Crippen MR) is 71.3 cm³/mol. The van der Waals surface area contributed by atoms with Gasteiger partial charge in [-0.25, -0.2) is 4.39 Å². The molecule has 0 aliphatic carbocycles. The zero-order valence-electron chi connectivity index (χ0n) is 10.0. The molecule has 1 nitrogen and oxygen atoms in total. The molecule has 0 saturated carbocycles. The molecule has 1 unspecified atom stereocenters. The van der Waals surface area contributed by atoms with Gasteiger partial charge in [0.1, 0.15) is 11.9 Å². The molecule has 0 aliphatic heterocycles. The Hall–Kier alpha value is -1.38. The summed E-state index contributed by atoms with van der Waals surface area (Å²) in [6.45, 7) is 2.05. The lowest BCUT2D eigenvalue weighted by Crippen LogP contribution is -2.03. The highest BCUT2D eigenvalue weighted by molar-refractivity contribution is 6.31. The SMILES string of the molecule is CCc1ccc(C(O)c2c(F)cccc2Cl)cc1. The molecule has 2 aromatic rings. The minimum Gasteiger partial charge on any atom is -0.383 e. The summed E-state index contributed by atoms with van der Waals surface area (Å²) in [5.41, 5.74) is 1.94. The Morgan fingerprint density at radius 1 is 1.17 bits per heavy atom. The van der Waals surface area contributed by atoms with Crippen LogP contribution in [-0.4, -0.2) is 5.11 Å². The van der Waals surface area contributed by atoms with E-state index in [9.17, 15) is 9.50 Å². The van der Waals surface area contributed by atoms with Crippen molar-refractivity contribution in [1.82, 2.24) is 0 Å². The largest absolute Gasteiger partial charge is 0.383 e. The first-order valence-electron chi connectivity index (χ1n) is 5.84. The van der Waals surface area contributed by atoms with E-state index in [-0.39, 0.29) is 10.6 Å². The Balaban J connectivity index is 2.38. The Kier molecular flexibility index (Phi) is 4.00. The number of aliphatic hydroxyl groups is 1. The molecule has 0 radical (unpaired) electrons. The molecule has 18 heavy (non-hydrogen) atoms. The van der Waals surface area contributed by atoms with Crippen LogP contribution in [-0.2, 0) is 6.42 Å². The van der Waals surface area contributed by atoms with Crippen molar-refractivity contribution < 1.29 is 9.50 Å². The quantitative estimate of drug-likeness (QED) is 0.884. The predicted octanol–water partition coefficient (Wildman–Crippen LogP) is 4.12. The smallest absolute Gasteiger partial charge is 0.130 e. The lowest BCUT2D eigenvalue weighted by atomic mass is 9.99. The van der Waals surface area contributed by atoms with E-state index >= 15 is 0 Å². The van der Waals surface area contributed by atoms with Gasteiger partial charge in [0.05, 0.1) is 0 Å². The van der Waals surface area contributed by atoms with Gasteiger partial charge in [0.2, 0.25) is 0 Å². The van der Waals surface area contributed by atoms with E-state index in [1.807, 2.05) is 12.1 Å². The lowest BCUT2D eigenvalue weighted by molar-refractivity contribution is 0.215. The van der Waals surface area contributed by atoms with Crippen LogP contribution in [0.3, 0.4) is 0 Å². The van der Waals surface area contributed by atoms with Crippen molar-refractivity contribution in [2.24, 2.45) is 0 Å². The highest BCUT2D eigenvalue weighted by Crippen LogP contribution is 2.30. The molecular weight excluding hydrogens is 251 g/mol. The van der Waals surface area contributed by atoms with Crippen LogP contribution >= 0.6 is 11.6 Å². The highest BCUT2D eigenvalue weighted by Gasteiger charge is 2.18. The number of aryl methyl sites for hydroxylation is 1. The van der Waals surface area contributed by atoms with Gasteiger partial charge in [-0.05, 0) is 29.7 Å². The summed E-state index contributed by atoms with van der Waals surface area (Å²) < 4.78 is 13.7. The third-order valence-electron chi connectivity index (χ3n) is 2.98. The second-order valence-corrected chi connectivity index (χ2v) is 4.54. The summed E-state index contributed by atoms with van der Waals surface area (Å²) in [6.07, 6.45) is -0.110. The van der Waals surface area contributed by atoms with E-state index in [1.165, 1.54) is 17.7 Å². The molecule has 1 atom stereocenters. The van der Waals surface area contributed by atoms with Crippen LogP contribution < -0.4 is 0 Å². The third-order valence-corrected chi connectivity index (χ3v) is 3.31. The summed E-state index contributed by atoms with van der Waals surface area (Å²) in [5.74, 6) is -0.491. The fourth-order valence-electron chi connectivity index (χ4n) is 1.87. The van der Waals surface area contributed by atoms with Gasteiger partial charge in [0, 0.05) is 10.6 Å². The molecule has 1 N–H and O–H groups in total. The molecule has 0 amide bonds. The van der Waals surface area contributed by atoms with Crippen LogP contribution in [0.5, 0.6) is 0 Å². The molecule has 0 heterocycles. The fraction of sp³-hybridized carbons (Fsp3) is 0.200. The van der Waals surface area contributed by atoms with Crippen molar-refractivity contribution in [1.29, 1.82) is 0 Å². The zero-order chi connectivity index (χ0) is 13.1. The van der Waals surface area contributed by atoms with Crippen LogP contribution in [0.2, 0.25) is 5.02 Å². The maximum atomic E-state index is 13.7. The molecular formula is C15H14ClFO. The summed E-state index contributed by atoms with van der Waals surface area (Å²) in [5, 5.41) is 10.4. The maximum Gasteiger partial charge on any atom is 0.130 e. The van der Waals surface area contributed by atoms with Crippen molar-refractivity contribution >= 4 is 11.6 Å². The number of hydrogen-bond donors (Lipinski definition) is 1. The van der Waals surface area contributed by atoms with Gasteiger partial charge >= 0.3 is 0 Å². The summed E-state index contributed by atoms with van der Waals surface area (Å²) >= 11 is 5.93. The van der Waals surface area contributed by atoms with Gasteiger partial charge in [0.25, 0.3) is 0 Å². The minimum absolute atomic E-state index is 0.128. The molecule has 0 spiro atoms. The number of aliphatic hydroxyl groups excluding tert-OH is 1. The van der Waals surface area contributed by atoms with Crippen molar-refractivity contribution in [3.05, 3.63) is 70.0 Å². The molecule has 0 aliphatic rings. The molecule has 2 aromatic carbocycles. The number of halogens is 2. The highest BCUT2D eigenvalue weighted by atomic mass is 35.5. The second kappa shape index (κ2) is 5.51. The van der Waals surface area contributed by atoms with E-state index in [1.54, 1.807) is 18.2 Å². The van der Waals surface area contributed by atoms with Gasteiger partial charge in [-0.1, -0.05) is 48.9 Å². The van der Waals surface area contributed by atoms with Crippen LogP contribution in [0.15, 0.2) is 42.5 Å². The molecule has 0 saturated heterocycles. The first-order valence-corrected chi connectivity index (χ1v) is 6.22. The van der Waals surface area contributed by atoms with Gasteiger partial charge in [-0.15, -0.1) is 0 Å². The third kappa shape index (κ3) is 2.55. The monoisotopic (exact) mass is 264 g/mol. The van der Waals surface area contributed by atoms with Gasteiger partial charge in [-0.3, -0.25) is 0 Å². The van der Waals surface area contributed by atoms with Gasteiger partial charge in [0.15, 0.2) is 0 Å². The summed E-state index contributed by atoms with van der Waals surface area (Å²) in [4.78, 5) is 0. The topological polar surface area (TPSA) is 20.2 Å². The Bertz CT molecular complexity index is 516. The van der Waals surface area contributed by atoms with Crippen LogP contribution in [0, 0.1) is 5.82 Å². The first kappa shape index (κ1) is 13.1. The zero-order valence-corrected chi connectivity index (χ0v) is 10.8. The molecule has 0 aromatic heterocycles. The molecule has 94 valence electrons. The van der Waals surface area contributed by atoms with Gasteiger partial charge in [-0.2, -0.15) is 0 Å². The van der Waals surface area contributed by atoms with E-state index in [0.29, 0.717) is 5.56 Å². The number of hydrogen-bond acceptors (Lipinski definition) is 1. The Morgan fingerprint density at radius 3 is 2.39 bits per heavy atom. The molecule has 2 rings (SSSR count). The van der Waals surface area contributed by atoms with Crippen LogP contribution in [0.4, 0.5) is 4.39 Å². The molecule has 0 bridgehead atoms. The van der Waals surface area contributed by atoms with Gasteiger partial charge < -0.3 is 5.11 Å². The van der Waals surface area contributed by atoms with Crippen molar-refractivity contribution in [2.75, 3.05) is 0 Å². The minimum atomic E-state index is -1.04. The average molecular weight is 265 g/mol. The van der Waals surface area contributed by atoms with Crippen molar-refractivity contribution in [3.63, 3.8) is 0 Å². The Morgan fingerprint density at radius 2 is 1.83 bits per heavy atom. The van der Waals surface area contributed by atoms with E-state index in [4.69, 9.17) is 11.6 Å². The van der Waals surface area contributed by atoms with E-state index < -0.39 is 11.9 Å². The van der Waals surface area contributed by atoms with E-state index in [0.717, 1.165) is 6.42 Å². The fourth-order valence-corrected chi connectivity index (χ4v) is 2.14. The normalized spacial score (nSPS) is 12.4. The Labute approximate surface area is 111 Å². The van der Waals surface area contributed by atoms with Crippen molar-refractivity contribution in [3.8, 4) is 0 Å². The molecule has 3 heteroatoms. The van der Waals surface area contributed by atoms with Crippen LogP contribution in [0.1, 0.15) is 29.7 Å². The standard InChI is InChI=1S/C15H14ClFO/c1-2-10-6-8-11(9-7-10)15(18)14-12(16)4-3-5-13(14)17/h3-9,15,18H,2H2,1H3. The van der Waals surface area contributed by atoms with Crippen molar-refractivity contribution in [2.45, 2.75) is 19.4 Å². The summed E-state index contributed by atoms with van der Waals surface area (Å²) in [6, 6.07) is 11.8. The first-order chi connectivity index (χ1) is 8.63. The number of rotatable bonds is 3. The maximum absolute atomic E-state index is 13.7. The number of benzene rings is 2. The van der Waals surface area contributed by atoms with Crippen LogP contribution in [0.25, 0.3) is 0 Å². The summed E-state index contributed by atoms with van der Waals surface area (Å²) in [7, 11) is 0. The molecule has 0 fully saturated rings. The van der Waals surface area contributed by atoms with E-state index in [2.05, 4.69) is 6.92 Å². The second-order valence-electron chi connectivity index (χ2n) is 4.13. The average Bonchev–Trinajstić information content (AvgIpc) is 2.38. The lowest BCUT2D eigenvalue weighted by Gasteiger charge is -2.14.